The van der Waals surface area contributed by atoms with Gasteiger partial charge in [0.05, 0.1) is 6.54 Å². The van der Waals surface area contributed by atoms with Gasteiger partial charge in [-0.25, -0.2) is 4.79 Å². The second kappa shape index (κ2) is 2.41. The van der Waals surface area contributed by atoms with Crippen LogP contribution in [0, 0.1) is 0 Å². The Labute approximate surface area is 64.7 Å². The highest BCUT2D eigenvalue weighted by atomic mass is 16.2. The highest BCUT2D eigenvalue weighted by Crippen LogP contribution is 2.10. The zero-order valence-electron chi connectivity index (χ0n) is 6.57. The Hall–Kier alpha value is -1.26. The highest BCUT2D eigenvalue weighted by molar-refractivity contribution is 5.89. The summed E-state index contributed by atoms with van der Waals surface area (Å²) in [5.74, 6) is -0.454. The minimum atomic E-state index is -0.465. The molecule has 0 saturated carbocycles. The van der Waals surface area contributed by atoms with E-state index in [1.165, 1.54) is 9.80 Å². The van der Waals surface area contributed by atoms with Gasteiger partial charge in [0.25, 0.3) is 0 Å². The Kier molecular flexibility index (Phi) is 1.72. The molecule has 1 atom stereocenters. The van der Waals surface area contributed by atoms with E-state index in [2.05, 4.69) is 0 Å². The van der Waals surface area contributed by atoms with Crippen LogP contribution in [-0.4, -0.2) is 48.4 Å². The van der Waals surface area contributed by atoms with E-state index in [9.17, 15) is 9.59 Å². The van der Waals surface area contributed by atoms with Gasteiger partial charge in [0, 0.05) is 14.1 Å². The van der Waals surface area contributed by atoms with E-state index in [4.69, 9.17) is 5.73 Å². The predicted octanol–water partition coefficient (Wildman–Crippen LogP) is -1.16. The minimum Gasteiger partial charge on any atom is -0.368 e. The third kappa shape index (κ3) is 1.13. The molecule has 0 radical (unpaired) electrons. The van der Waals surface area contributed by atoms with Crippen LogP contribution in [0.2, 0.25) is 0 Å². The molecule has 5 nitrogen and oxygen atoms in total. The van der Waals surface area contributed by atoms with Gasteiger partial charge in [0.2, 0.25) is 5.91 Å². The van der Waals surface area contributed by atoms with Crippen LogP contribution in [0.15, 0.2) is 0 Å². The van der Waals surface area contributed by atoms with Gasteiger partial charge in [0.1, 0.15) is 6.04 Å². The summed E-state index contributed by atoms with van der Waals surface area (Å²) < 4.78 is 0. The molecule has 1 aliphatic rings. The van der Waals surface area contributed by atoms with E-state index in [-0.39, 0.29) is 6.03 Å². The molecule has 1 fully saturated rings. The summed E-state index contributed by atoms with van der Waals surface area (Å²) in [6.07, 6.45) is 0. The van der Waals surface area contributed by atoms with E-state index in [1.807, 2.05) is 0 Å². The summed E-state index contributed by atoms with van der Waals surface area (Å²) in [5.41, 5.74) is 5.05. The van der Waals surface area contributed by atoms with Crippen LogP contribution in [0.25, 0.3) is 0 Å². The lowest BCUT2D eigenvalue weighted by Gasteiger charge is -2.13. The molecule has 1 saturated heterocycles. The molecule has 11 heavy (non-hydrogen) atoms. The number of rotatable bonds is 1. The van der Waals surface area contributed by atoms with E-state index in [1.54, 1.807) is 14.1 Å². The molecular formula is C6H11N3O2. The van der Waals surface area contributed by atoms with Crippen molar-refractivity contribution in [3.05, 3.63) is 0 Å². The Morgan fingerprint density at radius 1 is 1.64 bits per heavy atom. The third-order valence-corrected chi connectivity index (χ3v) is 1.87. The number of hydrogen-bond donors (Lipinski definition) is 1. The average Bonchev–Trinajstić information content (AvgIpc) is 2.17. The number of nitrogens with two attached hydrogens (primary N) is 1. The van der Waals surface area contributed by atoms with Gasteiger partial charge in [-0.3, -0.25) is 4.79 Å². The molecule has 0 bridgehead atoms. The normalized spacial score (nSPS) is 24.5. The van der Waals surface area contributed by atoms with Crippen LogP contribution < -0.4 is 5.73 Å². The number of carbonyl (C=O) groups excluding carboxylic acids is 2. The van der Waals surface area contributed by atoms with Crippen molar-refractivity contribution < 1.29 is 9.59 Å². The van der Waals surface area contributed by atoms with Crippen molar-refractivity contribution in [1.29, 1.82) is 0 Å². The van der Waals surface area contributed by atoms with Crippen molar-refractivity contribution >= 4 is 11.9 Å². The molecule has 2 N–H and O–H groups in total. The molecule has 3 amide bonds. The maximum atomic E-state index is 11.1. The molecule has 5 heteroatoms. The van der Waals surface area contributed by atoms with Gasteiger partial charge in [-0.05, 0) is 0 Å². The van der Waals surface area contributed by atoms with Crippen molar-refractivity contribution in [2.24, 2.45) is 5.73 Å². The smallest absolute Gasteiger partial charge is 0.320 e. The number of nitrogens with zero attached hydrogens (tertiary/aromatic N) is 2. The monoisotopic (exact) mass is 157 g/mol. The van der Waals surface area contributed by atoms with E-state index in [0.29, 0.717) is 6.54 Å². The minimum absolute atomic E-state index is 0.159. The van der Waals surface area contributed by atoms with Crippen LogP contribution in [0.1, 0.15) is 0 Å². The van der Waals surface area contributed by atoms with E-state index in [0.717, 1.165) is 0 Å². The molecular weight excluding hydrogens is 146 g/mol. The van der Waals surface area contributed by atoms with E-state index < -0.39 is 11.9 Å². The van der Waals surface area contributed by atoms with Gasteiger partial charge in [-0.2, -0.15) is 0 Å². The molecule has 0 aromatic carbocycles. The fourth-order valence-electron chi connectivity index (χ4n) is 1.14. The lowest BCUT2D eigenvalue weighted by molar-refractivity contribution is -0.121. The first-order chi connectivity index (χ1) is 5.04. The molecule has 0 aromatic heterocycles. The standard InChI is InChI=1S/C6H11N3O2/c1-8-3-4(5(7)10)9(2)6(8)11/h4H,3H2,1-2H3,(H2,7,10)/t4-/m0/s1. The molecule has 1 heterocycles. The molecule has 62 valence electrons. The van der Waals surface area contributed by atoms with Gasteiger partial charge >= 0.3 is 6.03 Å². The van der Waals surface area contributed by atoms with Crippen LogP contribution >= 0.6 is 0 Å². The summed E-state index contributed by atoms with van der Waals surface area (Å²) >= 11 is 0. The van der Waals surface area contributed by atoms with Gasteiger partial charge in [0.15, 0.2) is 0 Å². The summed E-state index contributed by atoms with van der Waals surface area (Å²) in [4.78, 5) is 24.6. The summed E-state index contributed by atoms with van der Waals surface area (Å²) in [6.45, 7) is 0.394. The first-order valence-electron chi connectivity index (χ1n) is 3.31. The Morgan fingerprint density at radius 2 is 2.18 bits per heavy atom. The molecule has 0 spiro atoms. The quantitative estimate of drug-likeness (QED) is 0.521. The van der Waals surface area contributed by atoms with Crippen molar-refractivity contribution in [1.82, 2.24) is 9.80 Å². The number of likely N-dealkylation sites (N-methyl/N-ethyl adjacent to an activating group) is 2. The van der Waals surface area contributed by atoms with Crippen LogP contribution in [0.3, 0.4) is 0 Å². The Balaban J connectivity index is 2.75. The second-order valence-electron chi connectivity index (χ2n) is 2.69. The maximum absolute atomic E-state index is 11.1. The molecule has 0 aromatic rings. The predicted molar refractivity (Wildman–Crippen MR) is 38.8 cm³/mol. The molecule has 0 aliphatic carbocycles. The lowest BCUT2D eigenvalue weighted by atomic mass is 10.3. The zero-order valence-corrected chi connectivity index (χ0v) is 6.57. The molecule has 1 aliphatic heterocycles. The third-order valence-electron chi connectivity index (χ3n) is 1.87. The topological polar surface area (TPSA) is 66.6 Å². The number of amides is 3. The van der Waals surface area contributed by atoms with Crippen molar-refractivity contribution in [2.45, 2.75) is 6.04 Å². The number of primary amides is 1. The number of hydrogen-bond acceptors (Lipinski definition) is 2. The molecule has 1 rings (SSSR count). The first-order valence-corrected chi connectivity index (χ1v) is 3.31. The van der Waals surface area contributed by atoms with E-state index >= 15 is 0 Å². The lowest BCUT2D eigenvalue weighted by Crippen LogP contribution is -2.40. The average molecular weight is 157 g/mol. The SMILES string of the molecule is CN1C[C@@H](C(N)=O)N(C)C1=O. The van der Waals surface area contributed by atoms with Crippen molar-refractivity contribution in [3.8, 4) is 0 Å². The molecule has 0 unspecified atom stereocenters. The summed E-state index contributed by atoms with van der Waals surface area (Å²) in [5, 5.41) is 0. The fourth-order valence-corrected chi connectivity index (χ4v) is 1.14. The second-order valence-corrected chi connectivity index (χ2v) is 2.69. The van der Waals surface area contributed by atoms with Gasteiger partial charge in [-0.1, -0.05) is 0 Å². The highest BCUT2D eigenvalue weighted by Gasteiger charge is 2.35. The van der Waals surface area contributed by atoms with Gasteiger partial charge < -0.3 is 15.5 Å². The Morgan fingerprint density at radius 3 is 2.36 bits per heavy atom. The Bertz CT molecular complexity index is 204. The summed E-state index contributed by atoms with van der Waals surface area (Å²) in [6, 6.07) is -0.624. The summed E-state index contributed by atoms with van der Waals surface area (Å²) in [7, 11) is 3.21. The van der Waals surface area contributed by atoms with Crippen molar-refractivity contribution in [3.63, 3.8) is 0 Å². The number of carbonyl (C=O) groups is 2. The zero-order chi connectivity index (χ0) is 8.59. The van der Waals surface area contributed by atoms with Crippen molar-refractivity contribution in [2.75, 3.05) is 20.6 Å². The van der Waals surface area contributed by atoms with Crippen LogP contribution in [0.4, 0.5) is 4.79 Å². The van der Waals surface area contributed by atoms with Crippen LogP contribution in [-0.2, 0) is 4.79 Å². The van der Waals surface area contributed by atoms with Crippen LogP contribution in [0.5, 0.6) is 0 Å². The first kappa shape index (κ1) is 7.84. The maximum Gasteiger partial charge on any atom is 0.320 e. The fraction of sp³-hybridized carbons (Fsp3) is 0.667. The number of urea groups is 1. The van der Waals surface area contributed by atoms with Gasteiger partial charge in [-0.15, -0.1) is 0 Å². The largest absolute Gasteiger partial charge is 0.368 e.